The van der Waals surface area contributed by atoms with Gasteiger partial charge in [0.05, 0.1) is 18.1 Å². The highest BCUT2D eigenvalue weighted by atomic mass is 16.5. The molecule has 1 N–H and O–H groups in total. The maximum Gasteiger partial charge on any atom is 0.311 e. The summed E-state index contributed by atoms with van der Waals surface area (Å²) in [6, 6.07) is 0. The van der Waals surface area contributed by atoms with Crippen LogP contribution in [0.2, 0.25) is 0 Å². The minimum atomic E-state index is -0.753. The number of ketones is 1. The van der Waals surface area contributed by atoms with Gasteiger partial charge in [0.25, 0.3) is 0 Å². The van der Waals surface area contributed by atoms with Gasteiger partial charge >= 0.3 is 5.97 Å². The number of aliphatic hydroxyl groups is 1. The molecule has 4 aliphatic carbocycles. The van der Waals surface area contributed by atoms with Crippen LogP contribution in [0.4, 0.5) is 0 Å². The van der Waals surface area contributed by atoms with Gasteiger partial charge in [-0.15, -0.1) is 0 Å². The molecule has 4 aliphatic rings. The number of hydrogen-bond acceptors (Lipinski definition) is 4. The predicted octanol–water partition coefficient (Wildman–Crippen LogP) is 3.26. The van der Waals surface area contributed by atoms with Gasteiger partial charge in [-0.05, 0) is 69.1 Å². The highest BCUT2D eigenvalue weighted by Crippen LogP contribution is 2.71. The van der Waals surface area contributed by atoms with Crippen molar-refractivity contribution in [2.75, 3.05) is 7.11 Å². The third-order valence-electron chi connectivity index (χ3n) is 8.56. The number of ether oxygens (including phenoxy) is 1. The van der Waals surface area contributed by atoms with Gasteiger partial charge in [0.15, 0.2) is 0 Å². The lowest BCUT2D eigenvalue weighted by Gasteiger charge is -2.63. The summed E-state index contributed by atoms with van der Waals surface area (Å²) in [7, 11) is 1.49. The SMILES string of the molecule is COC(=O)[C@]1(C)CCC[C@@]2(C)[C@@H]3CC[C@@]4(O)CC(=O)[C@]3(CC[C@@H]21)C4. The molecule has 134 valence electrons. The zero-order valence-electron chi connectivity index (χ0n) is 15.2. The van der Waals surface area contributed by atoms with Gasteiger partial charge in [0, 0.05) is 11.8 Å². The molecular weight excluding hydrogens is 304 g/mol. The van der Waals surface area contributed by atoms with Crippen LogP contribution in [0.25, 0.3) is 0 Å². The van der Waals surface area contributed by atoms with E-state index in [0.29, 0.717) is 18.8 Å². The number of carbonyl (C=O) groups is 2. The summed E-state index contributed by atoms with van der Waals surface area (Å²) in [5.74, 6) is 0.793. The van der Waals surface area contributed by atoms with Crippen molar-refractivity contribution in [3.63, 3.8) is 0 Å². The number of rotatable bonds is 1. The molecule has 4 fully saturated rings. The summed E-state index contributed by atoms with van der Waals surface area (Å²) in [6.45, 7) is 4.40. The fraction of sp³-hybridized carbons (Fsp3) is 0.900. The van der Waals surface area contributed by atoms with Crippen LogP contribution in [0.1, 0.15) is 71.6 Å². The first-order valence-electron chi connectivity index (χ1n) is 9.54. The first-order valence-corrected chi connectivity index (χ1v) is 9.54. The van der Waals surface area contributed by atoms with Gasteiger partial charge in [0.1, 0.15) is 5.78 Å². The van der Waals surface area contributed by atoms with Crippen molar-refractivity contribution in [1.82, 2.24) is 0 Å². The monoisotopic (exact) mass is 334 g/mol. The molecule has 4 nitrogen and oxygen atoms in total. The van der Waals surface area contributed by atoms with Crippen molar-refractivity contribution in [2.24, 2.45) is 28.1 Å². The second kappa shape index (κ2) is 4.84. The molecule has 0 amide bonds. The first kappa shape index (κ1) is 16.6. The van der Waals surface area contributed by atoms with Crippen LogP contribution in [0.5, 0.6) is 0 Å². The lowest BCUT2D eigenvalue weighted by atomic mass is 9.40. The predicted molar refractivity (Wildman–Crippen MR) is 89.2 cm³/mol. The second-order valence-corrected chi connectivity index (χ2v) is 9.61. The Balaban J connectivity index is 1.76. The van der Waals surface area contributed by atoms with E-state index in [9.17, 15) is 14.7 Å². The Morgan fingerprint density at radius 2 is 1.83 bits per heavy atom. The summed E-state index contributed by atoms with van der Waals surface area (Å²) in [6.07, 6.45) is 7.39. The Labute approximate surface area is 144 Å². The topological polar surface area (TPSA) is 63.6 Å². The molecule has 0 aliphatic heterocycles. The highest BCUT2D eigenvalue weighted by molar-refractivity contribution is 5.89. The van der Waals surface area contributed by atoms with Crippen molar-refractivity contribution in [2.45, 2.75) is 77.2 Å². The maximum atomic E-state index is 12.9. The van der Waals surface area contributed by atoms with Gasteiger partial charge < -0.3 is 9.84 Å². The molecule has 1 spiro atoms. The second-order valence-electron chi connectivity index (χ2n) is 9.61. The molecule has 24 heavy (non-hydrogen) atoms. The summed E-state index contributed by atoms with van der Waals surface area (Å²) >= 11 is 0. The number of methoxy groups -OCH3 is 1. The van der Waals surface area contributed by atoms with Gasteiger partial charge in [-0.3, -0.25) is 9.59 Å². The normalized spacial score (nSPS) is 53.2. The van der Waals surface area contributed by atoms with E-state index in [2.05, 4.69) is 13.8 Å². The molecule has 0 aromatic heterocycles. The van der Waals surface area contributed by atoms with E-state index in [4.69, 9.17) is 4.74 Å². The summed E-state index contributed by atoms with van der Waals surface area (Å²) in [5.41, 5.74) is -1.51. The average Bonchev–Trinajstić information content (AvgIpc) is 2.70. The van der Waals surface area contributed by atoms with Crippen LogP contribution in [-0.2, 0) is 14.3 Å². The van der Waals surface area contributed by atoms with Crippen molar-refractivity contribution in [3.05, 3.63) is 0 Å². The lowest BCUT2D eigenvalue weighted by molar-refractivity contribution is -0.189. The number of esters is 1. The molecule has 0 radical (unpaired) electrons. The van der Waals surface area contributed by atoms with E-state index < -0.39 is 11.0 Å². The summed E-state index contributed by atoms with van der Waals surface area (Å²) < 4.78 is 5.17. The molecule has 4 heteroatoms. The largest absolute Gasteiger partial charge is 0.469 e. The van der Waals surface area contributed by atoms with E-state index in [-0.39, 0.29) is 28.5 Å². The number of Topliss-reactive ketones (excluding diaryl/α,β-unsaturated/α-hetero) is 1. The summed E-state index contributed by atoms with van der Waals surface area (Å²) in [5, 5.41) is 10.7. The maximum absolute atomic E-state index is 12.9. The van der Waals surface area contributed by atoms with Crippen molar-refractivity contribution < 1.29 is 19.4 Å². The molecule has 0 heterocycles. The molecule has 0 aromatic rings. The minimum absolute atomic E-state index is 0.000764. The Hall–Kier alpha value is -0.900. The fourth-order valence-corrected chi connectivity index (χ4v) is 7.63. The van der Waals surface area contributed by atoms with E-state index >= 15 is 0 Å². The Morgan fingerprint density at radius 1 is 1.12 bits per heavy atom. The first-order chi connectivity index (χ1) is 11.2. The van der Waals surface area contributed by atoms with Crippen LogP contribution in [0.3, 0.4) is 0 Å². The molecule has 4 rings (SSSR count). The molecule has 6 atom stereocenters. The van der Waals surface area contributed by atoms with Gasteiger partial charge in [0.2, 0.25) is 0 Å². The molecule has 4 saturated carbocycles. The molecule has 0 unspecified atom stereocenters. The fourth-order valence-electron chi connectivity index (χ4n) is 7.63. The van der Waals surface area contributed by atoms with E-state index in [1.54, 1.807) is 0 Å². The van der Waals surface area contributed by atoms with E-state index in [1.807, 2.05) is 0 Å². The Morgan fingerprint density at radius 3 is 2.54 bits per heavy atom. The van der Waals surface area contributed by atoms with Crippen molar-refractivity contribution >= 4 is 11.8 Å². The number of hydrogen-bond donors (Lipinski definition) is 1. The zero-order chi connectivity index (χ0) is 17.4. The van der Waals surface area contributed by atoms with E-state index in [0.717, 1.165) is 44.9 Å². The molecular formula is C20H30O4. The third kappa shape index (κ3) is 1.84. The smallest absolute Gasteiger partial charge is 0.311 e. The van der Waals surface area contributed by atoms with Gasteiger partial charge in [-0.25, -0.2) is 0 Å². The average molecular weight is 334 g/mol. The highest BCUT2D eigenvalue weighted by Gasteiger charge is 2.69. The van der Waals surface area contributed by atoms with Crippen LogP contribution in [0.15, 0.2) is 0 Å². The van der Waals surface area contributed by atoms with E-state index in [1.165, 1.54) is 7.11 Å². The molecule has 0 saturated heterocycles. The van der Waals surface area contributed by atoms with Crippen LogP contribution in [0, 0.1) is 28.1 Å². The quantitative estimate of drug-likeness (QED) is 0.748. The van der Waals surface area contributed by atoms with Crippen molar-refractivity contribution in [1.29, 1.82) is 0 Å². The summed E-state index contributed by atoms with van der Waals surface area (Å²) in [4.78, 5) is 25.5. The number of carbonyl (C=O) groups excluding carboxylic acids is 2. The molecule has 2 bridgehead atoms. The number of fused-ring (bicyclic) bond motifs is 3. The third-order valence-corrected chi connectivity index (χ3v) is 8.56. The van der Waals surface area contributed by atoms with Crippen LogP contribution < -0.4 is 0 Å². The van der Waals surface area contributed by atoms with Crippen molar-refractivity contribution in [3.8, 4) is 0 Å². The Bertz CT molecular complexity index is 600. The Kier molecular flexibility index (Phi) is 3.34. The van der Waals surface area contributed by atoms with Crippen LogP contribution in [-0.4, -0.2) is 29.6 Å². The van der Waals surface area contributed by atoms with Gasteiger partial charge in [-0.1, -0.05) is 13.3 Å². The molecule has 0 aromatic carbocycles. The van der Waals surface area contributed by atoms with Crippen LogP contribution >= 0.6 is 0 Å². The standard InChI is InChI=1S/C20H30O4/c1-17-7-4-8-18(2,16(22)24-3)13(17)6-10-20-12-19(23,11-15(20)21)9-5-14(17)20/h13-14,23H,4-12H2,1-3H3/t13-,14-,17+,18+,19+,20+/m0/s1. The zero-order valence-corrected chi connectivity index (χ0v) is 15.2. The minimum Gasteiger partial charge on any atom is -0.469 e. The lowest BCUT2D eigenvalue weighted by Crippen LogP contribution is -2.60. The van der Waals surface area contributed by atoms with Gasteiger partial charge in [-0.2, -0.15) is 0 Å².